The lowest BCUT2D eigenvalue weighted by Crippen LogP contribution is -2.59. The lowest BCUT2D eigenvalue weighted by atomic mass is 9.53. The molecule has 0 aromatic carbocycles. The number of nitrogens with one attached hydrogen (secondary N) is 2. The molecule has 1 amide bonds. The van der Waals surface area contributed by atoms with Gasteiger partial charge < -0.3 is 21.1 Å². The van der Waals surface area contributed by atoms with Crippen molar-refractivity contribution in [1.29, 1.82) is 0 Å². The molecular weight excluding hydrogens is 448 g/mol. The Bertz CT molecular complexity index is 1170. The van der Waals surface area contributed by atoms with Crippen LogP contribution in [-0.4, -0.2) is 29.5 Å². The van der Waals surface area contributed by atoms with Crippen molar-refractivity contribution in [1.82, 2.24) is 10.3 Å². The van der Waals surface area contributed by atoms with Crippen LogP contribution in [0.2, 0.25) is 0 Å². The van der Waals surface area contributed by atoms with Gasteiger partial charge in [-0.2, -0.15) is 0 Å². The third-order valence-corrected chi connectivity index (χ3v) is 9.45. The van der Waals surface area contributed by atoms with Gasteiger partial charge in [0.25, 0.3) is 5.91 Å². The number of allylic oxidation sites excluding steroid dienone is 1. The van der Waals surface area contributed by atoms with Gasteiger partial charge in [-0.25, -0.2) is 4.79 Å². The Morgan fingerprint density at radius 3 is 2.47 bits per heavy atom. The monoisotopic (exact) mass is 478 g/mol. The quantitative estimate of drug-likeness (QED) is 0.562. The number of aromatic nitrogens is 1. The van der Waals surface area contributed by atoms with Crippen LogP contribution in [0.1, 0.15) is 72.2 Å². The highest BCUT2D eigenvalue weighted by molar-refractivity contribution is 7.19. The Kier molecular flexibility index (Phi) is 4.99. The molecule has 2 aromatic rings. The summed E-state index contributed by atoms with van der Waals surface area (Å²) in [4.78, 5) is 31.2. The second-order valence-corrected chi connectivity index (χ2v) is 11.6. The van der Waals surface area contributed by atoms with E-state index >= 15 is 0 Å². The Hall–Kier alpha value is -2.87. The van der Waals surface area contributed by atoms with Gasteiger partial charge in [-0.1, -0.05) is 6.07 Å². The number of nitrogens with two attached hydrogens (primary N) is 1. The van der Waals surface area contributed by atoms with Crippen LogP contribution in [0.15, 0.2) is 35.8 Å². The maximum absolute atomic E-state index is 13.6. The lowest BCUT2D eigenvalue weighted by molar-refractivity contribution is -0.136. The molecule has 4 saturated carbocycles. The van der Waals surface area contributed by atoms with Crippen molar-refractivity contribution in [3.63, 3.8) is 0 Å². The predicted octanol–water partition coefficient (Wildman–Crippen LogP) is 4.43. The molecule has 0 radical (unpaired) electrons. The molecule has 5 aliphatic rings. The number of nitrogens with zero attached hydrogens (tertiary/aromatic N) is 1. The average Bonchev–Trinajstić information content (AvgIpc) is 3.13. The van der Waals surface area contributed by atoms with E-state index in [1.165, 1.54) is 37.7 Å². The van der Waals surface area contributed by atoms with Crippen molar-refractivity contribution >= 4 is 33.9 Å². The van der Waals surface area contributed by atoms with Crippen LogP contribution in [0.4, 0.5) is 10.7 Å². The maximum Gasteiger partial charge on any atom is 0.336 e. The largest absolute Gasteiger partial charge is 0.466 e. The zero-order chi connectivity index (χ0) is 23.6. The molecule has 0 saturated heterocycles. The van der Waals surface area contributed by atoms with Gasteiger partial charge in [-0.05, 0) is 74.8 Å². The molecule has 4 aliphatic carbocycles. The van der Waals surface area contributed by atoms with E-state index in [-0.39, 0.29) is 11.4 Å². The van der Waals surface area contributed by atoms with E-state index in [0.29, 0.717) is 21.8 Å². The molecule has 4 bridgehead atoms. The second kappa shape index (κ2) is 7.83. The number of hydrogen-bond acceptors (Lipinski definition) is 7. The van der Waals surface area contributed by atoms with Crippen LogP contribution in [0.5, 0.6) is 0 Å². The number of nitrogen functional groups attached to an aromatic ring is 1. The van der Waals surface area contributed by atoms with Crippen LogP contribution in [-0.2, 0) is 9.53 Å². The molecule has 1 atom stereocenters. The summed E-state index contributed by atoms with van der Waals surface area (Å²) < 4.78 is 5.11. The van der Waals surface area contributed by atoms with Crippen molar-refractivity contribution in [3.05, 3.63) is 51.8 Å². The van der Waals surface area contributed by atoms with Crippen molar-refractivity contribution in [2.24, 2.45) is 17.8 Å². The van der Waals surface area contributed by atoms with E-state index in [1.54, 1.807) is 12.4 Å². The van der Waals surface area contributed by atoms with E-state index < -0.39 is 11.9 Å². The van der Waals surface area contributed by atoms with Gasteiger partial charge in [0.2, 0.25) is 0 Å². The molecule has 7 nitrogen and oxygen atoms in total. The van der Waals surface area contributed by atoms with Crippen LogP contribution in [0, 0.1) is 17.8 Å². The molecule has 4 N–H and O–H groups in total. The molecule has 7 rings (SSSR count). The van der Waals surface area contributed by atoms with Gasteiger partial charge in [0, 0.05) is 35.1 Å². The van der Waals surface area contributed by atoms with Crippen LogP contribution in [0.3, 0.4) is 0 Å². The Morgan fingerprint density at radius 2 is 1.88 bits per heavy atom. The molecule has 8 heteroatoms. The number of carbonyl (C=O) groups is 2. The maximum atomic E-state index is 13.6. The first-order chi connectivity index (χ1) is 16.4. The number of esters is 1. The van der Waals surface area contributed by atoms with E-state index in [0.717, 1.165) is 53.1 Å². The number of amides is 1. The normalized spacial score (nSPS) is 31.1. The van der Waals surface area contributed by atoms with Crippen molar-refractivity contribution in [2.75, 3.05) is 18.2 Å². The molecule has 4 fully saturated rings. The predicted molar refractivity (Wildman–Crippen MR) is 132 cm³/mol. The average molecular weight is 479 g/mol. The molecule has 1 unspecified atom stereocenters. The number of hydrogen-bond donors (Lipinski definition) is 3. The zero-order valence-electron chi connectivity index (χ0n) is 19.5. The Labute approximate surface area is 203 Å². The molecule has 2 aromatic heterocycles. The van der Waals surface area contributed by atoms with E-state index in [1.807, 2.05) is 19.1 Å². The highest BCUT2D eigenvalue weighted by Crippen LogP contribution is 2.56. The summed E-state index contributed by atoms with van der Waals surface area (Å²) >= 11 is 1.37. The first-order valence-electron chi connectivity index (χ1n) is 12.1. The topological polar surface area (TPSA) is 106 Å². The molecular formula is C26H30N4O3S. The number of carbonyl (C=O) groups excluding carboxylic acids is 2. The fourth-order valence-electron chi connectivity index (χ4n) is 7.43. The first kappa shape index (κ1) is 21.6. The molecule has 3 heterocycles. The van der Waals surface area contributed by atoms with Crippen molar-refractivity contribution < 1.29 is 14.3 Å². The highest BCUT2D eigenvalue weighted by Gasteiger charge is 2.52. The molecule has 1 aliphatic heterocycles. The molecule has 0 spiro atoms. The van der Waals surface area contributed by atoms with Gasteiger partial charge in [0.1, 0.15) is 4.88 Å². The number of ether oxygens (including phenoxy) is 1. The summed E-state index contributed by atoms with van der Waals surface area (Å²) in [6, 6.07) is 3.76. The zero-order valence-corrected chi connectivity index (χ0v) is 20.3. The summed E-state index contributed by atoms with van der Waals surface area (Å²) in [7, 11) is 1.37. The van der Waals surface area contributed by atoms with Crippen molar-refractivity contribution in [2.45, 2.75) is 56.9 Å². The van der Waals surface area contributed by atoms with Gasteiger partial charge in [0.15, 0.2) is 0 Å². The van der Waals surface area contributed by atoms with Gasteiger partial charge in [-0.3, -0.25) is 9.78 Å². The van der Waals surface area contributed by atoms with Crippen LogP contribution in [0.25, 0.3) is 0 Å². The summed E-state index contributed by atoms with van der Waals surface area (Å²) in [6.07, 6.45) is 10.6. The fraction of sp³-hybridized carbons (Fsp3) is 0.500. The SMILES string of the molecule is COC(=O)C1=C(C)Nc2sc(C(=O)NC34CC5CC(CC(C5)C3)C4)c(N)c2C1c1cccnc1. The van der Waals surface area contributed by atoms with Gasteiger partial charge >= 0.3 is 5.97 Å². The molecule has 34 heavy (non-hydrogen) atoms. The van der Waals surface area contributed by atoms with Gasteiger partial charge in [0.05, 0.1) is 23.4 Å². The third-order valence-electron chi connectivity index (χ3n) is 8.31. The number of pyridine rings is 1. The van der Waals surface area contributed by atoms with Crippen LogP contribution < -0.4 is 16.4 Å². The minimum atomic E-state index is -0.449. The number of methoxy groups -OCH3 is 1. The summed E-state index contributed by atoms with van der Waals surface area (Å²) in [5.74, 6) is 1.26. The fourth-order valence-corrected chi connectivity index (χ4v) is 8.54. The molecule has 178 valence electrons. The Morgan fingerprint density at radius 1 is 1.21 bits per heavy atom. The minimum absolute atomic E-state index is 0.0930. The summed E-state index contributed by atoms with van der Waals surface area (Å²) in [6.45, 7) is 1.85. The minimum Gasteiger partial charge on any atom is -0.466 e. The summed E-state index contributed by atoms with van der Waals surface area (Å²) in [5, 5.41) is 7.56. The third kappa shape index (κ3) is 3.34. The summed E-state index contributed by atoms with van der Waals surface area (Å²) in [5.41, 5.74) is 9.79. The number of thiophene rings is 1. The Balaban J connectivity index is 1.37. The number of fused-ring (bicyclic) bond motifs is 1. The van der Waals surface area contributed by atoms with Crippen LogP contribution >= 0.6 is 11.3 Å². The number of rotatable bonds is 4. The second-order valence-electron chi connectivity index (χ2n) is 10.6. The van der Waals surface area contributed by atoms with Crippen molar-refractivity contribution in [3.8, 4) is 0 Å². The van der Waals surface area contributed by atoms with E-state index in [4.69, 9.17) is 10.5 Å². The highest BCUT2D eigenvalue weighted by atomic mass is 32.1. The standard InChI is InChI=1S/C26H30N4O3S/c1-13-18(25(32)33-2)19(17-4-3-5-28-12-17)20-21(27)22(34-24(20)29-13)23(31)30-26-9-14-6-15(10-26)8-16(7-14)11-26/h3-5,12,14-16,19,29H,6-11,27H2,1-2H3,(H,30,31). The van der Waals surface area contributed by atoms with E-state index in [2.05, 4.69) is 15.6 Å². The smallest absolute Gasteiger partial charge is 0.336 e. The number of anilines is 2. The van der Waals surface area contributed by atoms with Gasteiger partial charge in [-0.15, -0.1) is 11.3 Å². The first-order valence-corrected chi connectivity index (χ1v) is 12.9. The van der Waals surface area contributed by atoms with E-state index in [9.17, 15) is 9.59 Å². The lowest BCUT2D eigenvalue weighted by Gasteiger charge is -2.56.